The number of carbonyl (C=O) groups is 1. The van der Waals surface area contributed by atoms with E-state index in [0.29, 0.717) is 19.1 Å². The zero-order valence-corrected chi connectivity index (χ0v) is 13.6. The highest BCUT2D eigenvalue weighted by atomic mass is 16.5. The molecule has 1 saturated heterocycles. The molecule has 0 bridgehead atoms. The number of carbonyl (C=O) groups excluding carboxylic acids is 1. The van der Waals surface area contributed by atoms with Gasteiger partial charge in [0.2, 0.25) is 5.91 Å². The maximum atomic E-state index is 12.4. The summed E-state index contributed by atoms with van der Waals surface area (Å²) in [6, 6.07) is 6.48. The van der Waals surface area contributed by atoms with Gasteiger partial charge in [0.1, 0.15) is 6.17 Å². The van der Waals surface area contributed by atoms with E-state index in [-0.39, 0.29) is 18.1 Å². The Hall–Kier alpha value is -1.39. The SMILES string of the molecule is COCC(C(C)C)N1C(=O)CNC1c1cc(C)ccc1C. The molecule has 4 nitrogen and oxygen atoms in total. The first-order valence-corrected chi connectivity index (χ1v) is 7.56. The summed E-state index contributed by atoms with van der Waals surface area (Å²) in [5.74, 6) is 0.498. The maximum absolute atomic E-state index is 12.4. The van der Waals surface area contributed by atoms with E-state index in [4.69, 9.17) is 4.74 Å². The lowest BCUT2D eigenvalue weighted by atomic mass is 9.98. The quantitative estimate of drug-likeness (QED) is 0.905. The molecular weight excluding hydrogens is 264 g/mol. The number of nitrogens with zero attached hydrogens (tertiary/aromatic N) is 1. The summed E-state index contributed by atoms with van der Waals surface area (Å²) in [5, 5.41) is 3.36. The van der Waals surface area contributed by atoms with Gasteiger partial charge in [0.25, 0.3) is 0 Å². The first kappa shape index (κ1) is 16.0. The first-order chi connectivity index (χ1) is 9.95. The fourth-order valence-corrected chi connectivity index (χ4v) is 2.97. The molecule has 116 valence electrons. The summed E-state index contributed by atoms with van der Waals surface area (Å²) < 4.78 is 5.34. The van der Waals surface area contributed by atoms with Crippen molar-refractivity contribution in [3.63, 3.8) is 0 Å². The second kappa shape index (κ2) is 6.58. The molecule has 2 rings (SSSR count). The Morgan fingerprint density at radius 3 is 2.71 bits per heavy atom. The molecule has 0 aliphatic carbocycles. The van der Waals surface area contributed by atoms with Crippen molar-refractivity contribution in [2.75, 3.05) is 20.3 Å². The van der Waals surface area contributed by atoms with Crippen molar-refractivity contribution in [2.45, 2.75) is 39.9 Å². The van der Waals surface area contributed by atoms with Gasteiger partial charge in [-0.1, -0.05) is 37.6 Å². The van der Waals surface area contributed by atoms with Gasteiger partial charge in [-0.15, -0.1) is 0 Å². The molecule has 2 atom stereocenters. The smallest absolute Gasteiger partial charge is 0.238 e. The second-order valence-corrected chi connectivity index (χ2v) is 6.21. The number of methoxy groups -OCH3 is 1. The van der Waals surface area contributed by atoms with E-state index in [1.165, 1.54) is 16.7 Å². The van der Waals surface area contributed by atoms with Crippen LogP contribution in [-0.4, -0.2) is 37.1 Å². The third-order valence-electron chi connectivity index (χ3n) is 4.21. The molecule has 1 aromatic rings. The van der Waals surface area contributed by atoms with Crippen LogP contribution in [0.25, 0.3) is 0 Å². The molecule has 1 heterocycles. The van der Waals surface area contributed by atoms with Crippen LogP contribution in [-0.2, 0) is 9.53 Å². The van der Waals surface area contributed by atoms with E-state index in [9.17, 15) is 4.79 Å². The number of nitrogens with one attached hydrogen (secondary N) is 1. The van der Waals surface area contributed by atoms with Crippen LogP contribution in [0.5, 0.6) is 0 Å². The molecule has 1 amide bonds. The summed E-state index contributed by atoms with van der Waals surface area (Å²) in [6.45, 7) is 9.40. The molecule has 0 saturated carbocycles. The molecule has 1 aliphatic rings. The molecule has 0 aromatic heterocycles. The molecule has 1 aromatic carbocycles. The molecule has 2 unspecified atom stereocenters. The monoisotopic (exact) mass is 290 g/mol. The summed E-state index contributed by atoms with van der Waals surface area (Å²) in [4.78, 5) is 14.4. The molecule has 0 radical (unpaired) electrons. The van der Waals surface area contributed by atoms with Crippen molar-refractivity contribution < 1.29 is 9.53 Å². The Bertz CT molecular complexity index is 514. The molecule has 1 aliphatic heterocycles. The Morgan fingerprint density at radius 1 is 1.38 bits per heavy atom. The van der Waals surface area contributed by atoms with Gasteiger partial charge in [0, 0.05) is 7.11 Å². The Balaban J connectivity index is 2.37. The van der Waals surface area contributed by atoms with E-state index in [1.54, 1.807) is 7.11 Å². The van der Waals surface area contributed by atoms with Crippen LogP contribution in [0.2, 0.25) is 0 Å². The molecule has 21 heavy (non-hydrogen) atoms. The number of aryl methyl sites for hydroxylation is 2. The highest BCUT2D eigenvalue weighted by molar-refractivity contribution is 5.81. The Morgan fingerprint density at radius 2 is 2.10 bits per heavy atom. The van der Waals surface area contributed by atoms with Crippen LogP contribution in [0.3, 0.4) is 0 Å². The van der Waals surface area contributed by atoms with Gasteiger partial charge >= 0.3 is 0 Å². The van der Waals surface area contributed by atoms with Crippen molar-refractivity contribution >= 4 is 5.91 Å². The number of amides is 1. The standard InChI is InChI=1S/C17H26N2O2/c1-11(2)15(10-21-5)19-16(20)9-18-17(19)14-8-12(3)6-7-13(14)4/h6-8,11,15,17-18H,9-10H2,1-5H3. The summed E-state index contributed by atoms with van der Waals surface area (Å²) in [5.41, 5.74) is 3.60. The van der Waals surface area contributed by atoms with Crippen molar-refractivity contribution in [2.24, 2.45) is 5.92 Å². The third-order valence-corrected chi connectivity index (χ3v) is 4.21. The predicted molar refractivity (Wildman–Crippen MR) is 84.0 cm³/mol. The lowest BCUT2D eigenvalue weighted by Gasteiger charge is -2.35. The normalized spacial score (nSPS) is 20.4. The second-order valence-electron chi connectivity index (χ2n) is 6.21. The molecular formula is C17H26N2O2. The fourth-order valence-electron chi connectivity index (χ4n) is 2.97. The van der Waals surface area contributed by atoms with Crippen molar-refractivity contribution in [1.29, 1.82) is 0 Å². The van der Waals surface area contributed by atoms with Crippen LogP contribution in [0.4, 0.5) is 0 Å². The van der Waals surface area contributed by atoms with Crippen LogP contribution in [0.15, 0.2) is 18.2 Å². The zero-order valence-electron chi connectivity index (χ0n) is 13.6. The van der Waals surface area contributed by atoms with Crippen LogP contribution >= 0.6 is 0 Å². The van der Waals surface area contributed by atoms with Crippen molar-refractivity contribution in [3.05, 3.63) is 34.9 Å². The minimum absolute atomic E-state index is 0.0556. The average Bonchev–Trinajstić information content (AvgIpc) is 2.80. The highest BCUT2D eigenvalue weighted by Gasteiger charge is 2.38. The van der Waals surface area contributed by atoms with E-state index in [2.05, 4.69) is 51.2 Å². The number of benzene rings is 1. The molecule has 0 spiro atoms. The highest BCUT2D eigenvalue weighted by Crippen LogP contribution is 2.30. The van der Waals surface area contributed by atoms with Gasteiger partial charge in [-0.2, -0.15) is 0 Å². The topological polar surface area (TPSA) is 41.6 Å². The van der Waals surface area contributed by atoms with Crippen molar-refractivity contribution in [3.8, 4) is 0 Å². The average molecular weight is 290 g/mol. The maximum Gasteiger partial charge on any atom is 0.238 e. The van der Waals surface area contributed by atoms with Gasteiger partial charge in [-0.05, 0) is 30.9 Å². The van der Waals surface area contributed by atoms with Crippen LogP contribution in [0.1, 0.15) is 36.7 Å². The Labute approximate surface area is 127 Å². The molecule has 4 heteroatoms. The largest absolute Gasteiger partial charge is 0.383 e. The number of hydrogen-bond donors (Lipinski definition) is 1. The van der Waals surface area contributed by atoms with Gasteiger partial charge in [-0.25, -0.2) is 0 Å². The fraction of sp³-hybridized carbons (Fsp3) is 0.588. The summed E-state index contributed by atoms with van der Waals surface area (Å²) in [6.07, 6.45) is -0.0556. The Kier molecular flexibility index (Phi) is 5.01. The minimum atomic E-state index is -0.0556. The van der Waals surface area contributed by atoms with Crippen LogP contribution in [0, 0.1) is 19.8 Å². The summed E-state index contributed by atoms with van der Waals surface area (Å²) in [7, 11) is 1.69. The van der Waals surface area contributed by atoms with E-state index in [1.807, 2.05) is 4.90 Å². The van der Waals surface area contributed by atoms with Crippen LogP contribution < -0.4 is 5.32 Å². The van der Waals surface area contributed by atoms with E-state index < -0.39 is 0 Å². The number of rotatable bonds is 5. The van der Waals surface area contributed by atoms with Gasteiger partial charge in [-0.3, -0.25) is 10.1 Å². The lowest BCUT2D eigenvalue weighted by molar-refractivity contribution is -0.132. The zero-order chi connectivity index (χ0) is 15.6. The van der Waals surface area contributed by atoms with E-state index in [0.717, 1.165) is 0 Å². The number of ether oxygens (including phenoxy) is 1. The third kappa shape index (κ3) is 3.27. The summed E-state index contributed by atoms with van der Waals surface area (Å²) >= 11 is 0. The minimum Gasteiger partial charge on any atom is -0.383 e. The van der Waals surface area contributed by atoms with Gasteiger partial charge in [0.05, 0.1) is 19.2 Å². The van der Waals surface area contributed by atoms with E-state index >= 15 is 0 Å². The van der Waals surface area contributed by atoms with Crippen molar-refractivity contribution in [1.82, 2.24) is 10.2 Å². The lowest BCUT2D eigenvalue weighted by Crippen LogP contribution is -2.45. The first-order valence-electron chi connectivity index (χ1n) is 7.56. The number of hydrogen-bond acceptors (Lipinski definition) is 3. The molecule has 1 N–H and O–H groups in total. The molecule has 1 fully saturated rings. The van der Waals surface area contributed by atoms with Gasteiger partial charge < -0.3 is 9.64 Å². The predicted octanol–water partition coefficient (Wildman–Crippen LogP) is 2.40. The van der Waals surface area contributed by atoms with Gasteiger partial charge in [0.15, 0.2) is 0 Å².